The molecule has 0 radical (unpaired) electrons. The van der Waals surface area contributed by atoms with E-state index in [-0.39, 0.29) is 11.7 Å². The number of hydrogen-bond donors (Lipinski definition) is 1. The van der Waals surface area contributed by atoms with Gasteiger partial charge >= 0.3 is 0 Å². The van der Waals surface area contributed by atoms with E-state index >= 15 is 0 Å². The molecule has 0 unspecified atom stereocenters. The Labute approximate surface area is 117 Å². The number of rotatable bonds is 3. The minimum absolute atomic E-state index is 0.133. The molecule has 2 aromatic rings. The van der Waals surface area contributed by atoms with Crippen LogP contribution >= 0.6 is 0 Å². The number of benzene rings is 1. The van der Waals surface area contributed by atoms with Crippen molar-refractivity contribution in [3.63, 3.8) is 0 Å². The van der Waals surface area contributed by atoms with Gasteiger partial charge in [0.25, 0.3) is 0 Å². The standard InChI is InChI=1S/C15H18FN3O/c1-8(2)14-18-13(17)10(4)15(19-14)20-12-7-11(16)6-5-9(12)3/h5-8H,1-4H3,(H2,17,18,19). The minimum Gasteiger partial charge on any atom is -0.438 e. The SMILES string of the molecule is Cc1ccc(F)cc1Oc1nc(C(C)C)nc(N)c1C. The summed E-state index contributed by atoms with van der Waals surface area (Å²) in [4.78, 5) is 8.59. The molecular formula is C15H18FN3O. The molecule has 0 saturated heterocycles. The van der Waals surface area contributed by atoms with E-state index < -0.39 is 0 Å². The van der Waals surface area contributed by atoms with Gasteiger partial charge in [-0.3, -0.25) is 0 Å². The summed E-state index contributed by atoms with van der Waals surface area (Å²) in [5.41, 5.74) is 7.35. The number of anilines is 1. The summed E-state index contributed by atoms with van der Waals surface area (Å²) >= 11 is 0. The van der Waals surface area contributed by atoms with E-state index in [0.29, 0.717) is 28.8 Å². The van der Waals surface area contributed by atoms with Crippen LogP contribution < -0.4 is 10.5 Å². The van der Waals surface area contributed by atoms with Crippen LogP contribution in [0.3, 0.4) is 0 Å². The molecule has 0 aliphatic rings. The molecule has 0 bridgehead atoms. The van der Waals surface area contributed by atoms with E-state index in [1.165, 1.54) is 12.1 Å². The van der Waals surface area contributed by atoms with Gasteiger partial charge in [0.05, 0.1) is 5.56 Å². The quantitative estimate of drug-likeness (QED) is 0.927. The van der Waals surface area contributed by atoms with Gasteiger partial charge in [0.1, 0.15) is 23.2 Å². The van der Waals surface area contributed by atoms with E-state index in [2.05, 4.69) is 9.97 Å². The second-order valence-corrected chi connectivity index (χ2v) is 5.06. The lowest BCUT2D eigenvalue weighted by molar-refractivity contribution is 0.445. The first-order valence-electron chi connectivity index (χ1n) is 6.46. The molecular weight excluding hydrogens is 257 g/mol. The zero-order valence-corrected chi connectivity index (χ0v) is 12.1. The van der Waals surface area contributed by atoms with Gasteiger partial charge in [0, 0.05) is 12.0 Å². The molecule has 20 heavy (non-hydrogen) atoms. The number of hydrogen-bond acceptors (Lipinski definition) is 4. The van der Waals surface area contributed by atoms with Crippen molar-refractivity contribution in [2.24, 2.45) is 0 Å². The van der Waals surface area contributed by atoms with Gasteiger partial charge in [-0.15, -0.1) is 0 Å². The topological polar surface area (TPSA) is 61.0 Å². The molecule has 1 aromatic carbocycles. The third kappa shape index (κ3) is 2.87. The summed E-state index contributed by atoms with van der Waals surface area (Å²) in [6.07, 6.45) is 0. The zero-order valence-electron chi connectivity index (χ0n) is 12.1. The Morgan fingerprint density at radius 2 is 1.90 bits per heavy atom. The van der Waals surface area contributed by atoms with E-state index in [0.717, 1.165) is 5.56 Å². The number of ether oxygens (including phenoxy) is 1. The van der Waals surface area contributed by atoms with Crippen LogP contribution in [-0.2, 0) is 0 Å². The molecule has 2 rings (SSSR count). The monoisotopic (exact) mass is 275 g/mol. The van der Waals surface area contributed by atoms with Gasteiger partial charge in [0.2, 0.25) is 5.88 Å². The van der Waals surface area contributed by atoms with Gasteiger partial charge in [-0.05, 0) is 25.5 Å². The summed E-state index contributed by atoms with van der Waals surface area (Å²) in [7, 11) is 0. The molecule has 0 atom stereocenters. The lowest BCUT2D eigenvalue weighted by atomic mass is 10.2. The fraction of sp³-hybridized carbons (Fsp3) is 0.333. The predicted octanol–water partition coefficient (Wildman–Crippen LogP) is 3.73. The molecule has 0 amide bonds. The largest absolute Gasteiger partial charge is 0.438 e. The molecule has 0 saturated carbocycles. The normalized spacial score (nSPS) is 10.9. The maximum absolute atomic E-state index is 13.3. The number of nitrogen functional groups attached to an aromatic ring is 1. The van der Waals surface area contributed by atoms with Crippen LogP contribution in [0.25, 0.3) is 0 Å². The highest BCUT2D eigenvalue weighted by Gasteiger charge is 2.14. The lowest BCUT2D eigenvalue weighted by Gasteiger charge is -2.13. The maximum Gasteiger partial charge on any atom is 0.227 e. The van der Waals surface area contributed by atoms with Crippen LogP contribution in [0.1, 0.15) is 36.7 Å². The average Bonchev–Trinajstić information content (AvgIpc) is 2.38. The van der Waals surface area contributed by atoms with Gasteiger partial charge in [-0.2, -0.15) is 4.98 Å². The van der Waals surface area contributed by atoms with Crippen LogP contribution in [0, 0.1) is 19.7 Å². The van der Waals surface area contributed by atoms with Gasteiger partial charge in [-0.25, -0.2) is 9.37 Å². The molecule has 0 aliphatic heterocycles. The molecule has 5 heteroatoms. The Kier molecular flexibility index (Phi) is 3.88. The minimum atomic E-state index is -0.352. The Bertz CT molecular complexity index is 641. The third-order valence-electron chi connectivity index (χ3n) is 3.03. The van der Waals surface area contributed by atoms with Gasteiger partial charge in [-0.1, -0.05) is 19.9 Å². The Morgan fingerprint density at radius 1 is 1.20 bits per heavy atom. The molecule has 1 heterocycles. The fourth-order valence-corrected chi connectivity index (χ4v) is 1.68. The Hall–Kier alpha value is -2.17. The van der Waals surface area contributed by atoms with E-state index in [1.54, 1.807) is 13.0 Å². The van der Waals surface area contributed by atoms with Crippen molar-refractivity contribution in [1.29, 1.82) is 0 Å². The molecule has 1 aromatic heterocycles. The second-order valence-electron chi connectivity index (χ2n) is 5.06. The Morgan fingerprint density at radius 3 is 2.55 bits per heavy atom. The van der Waals surface area contributed by atoms with Crippen molar-refractivity contribution >= 4 is 5.82 Å². The smallest absolute Gasteiger partial charge is 0.227 e. The Balaban J connectivity index is 2.45. The summed E-state index contributed by atoms with van der Waals surface area (Å²) in [5, 5.41) is 0. The van der Waals surface area contributed by atoms with E-state index in [1.807, 2.05) is 20.8 Å². The average molecular weight is 275 g/mol. The first-order valence-corrected chi connectivity index (χ1v) is 6.46. The molecule has 0 spiro atoms. The van der Waals surface area contributed by atoms with Crippen molar-refractivity contribution in [2.45, 2.75) is 33.6 Å². The molecule has 2 N–H and O–H groups in total. The summed E-state index contributed by atoms with van der Waals surface area (Å²) in [5.74, 6) is 1.57. The molecule has 4 nitrogen and oxygen atoms in total. The van der Waals surface area contributed by atoms with Crippen molar-refractivity contribution in [3.05, 3.63) is 41.0 Å². The first-order chi connectivity index (χ1) is 9.38. The summed E-state index contributed by atoms with van der Waals surface area (Å²) < 4.78 is 19.0. The highest BCUT2D eigenvalue weighted by molar-refractivity contribution is 5.47. The number of aryl methyl sites for hydroxylation is 1. The molecule has 0 aliphatic carbocycles. The number of nitrogens with zero attached hydrogens (tertiary/aromatic N) is 2. The first kappa shape index (κ1) is 14.2. The third-order valence-corrected chi connectivity index (χ3v) is 3.03. The highest BCUT2D eigenvalue weighted by atomic mass is 19.1. The van der Waals surface area contributed by atoms with Gasteiger partial charge < -0.3 is 10.5 Å². The van der Waals surface area contributed by atoms with Crippen LogP contribution in [0.4, 0.5) is 10.2 Å². The van der Waals surface area contributed by atoms with Crippen LogP contribution in [0.5, 0.6) is 11.6 Å². The van der Waals surface area contributed by atoms with E-state index in [9.17, 15) is 4.39 Å². The molecule has 106 valence electrons. The zero-order chi connectivity index (χ0) is 14.9. The van der Waals surface area contributed by atoms with Crippen LogP contribution in [0.2, 0.25) is 0 Å². The lowest BCUT2D eigenvalue weighted by Crippen LogP contribution is -2.06. The number of aromatic nitrogens is 2. The van der Waals surface area contributed by atoms with Crippen molar-refractivity contribution in [1.82, 2.24) is 9.97 Å². The fourth-order valence-electron chi connectivity index (χ4n) is 1.68. The number of nitrogens with two attached hydrogens (primary N) is 1. The highest BCUT2D eigenvalue weighted by Crippen LogP contribution is 2.29. The summed E-state index contributed by atoms with van der Waals surface area (Å²) in [6, 6.07) is 4.39. The summed E-state index contributed by atoms with van der Waals surface area (Å²) in [6.45, 7) is 7.57. The van der Waals surface area contributed by atoms with Crippen molar-refractivity contribution in [2.75, 3.05) is 5.73 Å². The van der Waals surface area contributed by atoms with Crippen LogP contribution in [-0.4, -0.2) is 9.97 Å². The second kappa shape index (κ2) is 5.45. The van der Waals surface area contributed by atoms with Gasteiger partial charge in [0.15, 0.2) is 0 Å². The van der Waals surface area contributed by atoms with E-state index in [4.69, 9.17) is 10.5 Å². The van der Waals surface area contributed by atoms with Crippen molar-refractivity contribution < 1.29 is 9.13 Å². The van der Waals surface area contributed by atoms with Crippen molar-refractivity contribution in [3.8, 4) is 11.6 Å². The maximum atomic E-state index is 13.3. The van der Waals surface area contributed by atoms with Crippen LogP contribution in [0.15, 0.2) is 18.2 Å². The predicted molar refractivity (Wildman–Crippen MR) is 76.5 cm³/mol. The molecule has 0 fully saturated rings. The number of halogens is 1.